The fraction of sp³-hybridized carbons (Fsp3) is 1.00. The summed E-state index contributed by atoms with van der Waals surface area (Å²) in [5, 5.41) is -2.88. The highest BCUT2D eigenvalue weighted by Crippen LogP contribution is 2.48. The lowest BCUT2D eigenvalue weighted by molar-refractivity contribution is -0.0632. The van der Waals surface area contributed by atoms with Gasteiger partial charge in [0.15, 0.2) is 0 Å². The molecule has 0 saturated carbocycles. The molecule has 0 aromatic rings. The Labute approximate surface area is 79.1 Å². The Kier molecular flexibility index (Phi) is 4.01. The third-order valence-corrected chi connectivity index (χ3v) is 3.63. The minimum absolute atomic E-state index is 0.00463. The van der Waals surface area contributed by atoms with Gasteiger partial charge < -0.3 is 0 Å². The summed E-state index contributed by atoms with van der Waals surface area (Å²) in [6, 6.07) is 0. The summed E-state index contributed by atoms with van der Waals surface area (Å²) in [7, 11) is 0. The standard InChI is InChI=1S/C9H18F2S/c1-5-7(3)8(4,6-2)9(10,11)12/h7,12H,5-6H2,1-4H3. The van der Waals surface area contributed by atoms with Gasteiger partial charge in [-0.05, 0) is 12.3 Å². The first-order valence-electron chi connectivity index (χ1n) is 4.39. The lowest BCUT2D eigenvalue weighted by atomic mass is 9.74. The number of rotatable bonds is 4. The third-order valence-electron chi connectivity index (χ3n) is 3.12. The molecule has 74 valence electrons. The van der Waals surface area contributed by atoms with Gasteiger partial charge in [-0.2, -0.15) is 8.78 Å². The van der Waals surface area contributed by atoms with Crippen molar-refractivity contribution < 1.29 is 8.78 Å². The molecule has 0 aromatic heterocycles. The molecule has 0 aliphatic heterocycles. The Morgan fingerprint density at radius 2 is 1.75 bits per heavy atom. The Morgan fingerprint density at radius 1 is 1.33 bits per heavy atom. The molecule has 0 amide bonds. The number of hydrogen-bond donors (Lipinski definition) is 1. The number of alkyl halides is 2. The molecule has 0 saturated heterocycles. The molecule has 0 fully saturated rings. The van der Waals surface area contributed by atoms with Gasteiger partial charge in [0.05, 0.1) is 0 Å². The highest BCUT2D eigenvalue weighted by atomic mass is 32.1. The van der Waals surface area contributed by atoms with Crippen LogP contribution in [0.5, 0.6) is 0 Å². The Bertz CT molecular complexity index is 142. The second kappa shape index (κ2) is 3.95. The van der Waals surface area contributed by atoms with E-state index in [4.69, 9.17) is 0 Å². The molecule has 0 aromatic carbocycles. The zero-order chi connectivity index (χ0) is 9.99. The van der Waals surface area contributed by atoms with Crippen LogP contribution in [0.1, 0.15) is 40.5 Å². The van der Waals surface area contributed by atoms with E-state index in [1.807, 2.05) is 13.8 Å². The quantitative estimate of drug-likeness (QED) is 0.646. The van der Waals surface area contributed by atoms with Crippen molar-refractivity contribution in [3.63, 3.8) is 0 Å². The molecule has 0 aliphatic rings. The molecular formula is C9H18F2S. The third kappa shape index (κ3) is 2.12. The summed E-state index contributed by atoms with van der Waals surface area (Å²) in [5.74, 6) is -0.00463. The first-order chi connectivity index (χ1) is 5.29. The maximum Gasteiger partial charge on any atom is 0.296 e. The zero-order valence-electron chi connectivity index (χ0n) is 8.19. The molecule has 2 unspecified atom stereocenters. The smallest absolute Gasteiger partial charge is 0.194 e. The summed E-state index contributed by atoms with van der Waals surface area (Å²) in [6.45, 7) is 7.18. The molecule has 0 nitrogen and oxygen atoms in total. The van der Waals surface area contributed by atoms with Crippen molar-refractivity contribution in [1.82, 2.24) is 0 Å². The fourth-order valence-electron chi connectivity index (χ4n) is 1.31. The molecule has 12 heavy (non-hydrogen) atoms. The van der Waals surface area contributed by atoms with Gasteiger partial charge in [0.1, 0.15) is 0 Å². The topological polar surface area (TPSA) is 0 Å². The lowest BCUT2D eigenvalue weighted by Gasteiger charge is -2.38. The molecule has 0 bridgehead atoms. The Balaban J connectivity index is 4.67. The van der Waals surface area contributed by atoms with E-state index < -0.39 is 10.7 Å². The van der Waals surface area contributed by atoms with Gasteiger partial charge in [-0.1, -0.05) is 34.1 Å². The Hall–Kier alpha value is 0.210. The van der Waals surface area contributed by atoms with E-state index in [0.29, 0.717) is 6.42 Å². The van der Waals surface area contributed by atoms with Crippen LogP contribution in [0.2, 0.25) is 0 Å². The maximum atomic E-state index is 13.1. The van der Waals surface area contributed by atoms with Gasteiger partial charge in [-0.25, -0.2) is 0 Å². The minimum atomic E-state index is -2.88. The largest absolute Gasteiger partial charge is 0.296 e. The SMILES string of the molecule is CCC(C)C(C)(CC)C(F)(F)S. The van der Waals surface area contributed by atoms with Crippen LogP contribution in [0.3, 0.4) is 0 Å². The van der Waals surface area contributed by atoms with E-state index in [9.17, 15) is 8.78 Å². The Morgan fingerprint density at radius 3 is 1.83 bits per heavy atom. The van der Waals surface area contributed by atoms with Gasteiger partial charge >= 0.3 is 0 Å². The lowest BCUT2D eigenvalue weighted by Crippen LogP contribution is -2.39. The van der Waals surface area contributed by atoms with Crippen molar-refractivity contribution in [2.24, 2.45) is 11.3 Å². The van der Waals surface area contributed by atoms with Crippen LogP contribution in [0.15, 0.2) is 0 Å². The molecule has 0 heterocycles. The van der Waals surface area contributed by atoms with E-state index >= 15 is 0 Å². The van der Waals surface area contributed by atoms with Crippen LogP contribution in [-0.2, 0) is 0 Å². The molecule has 0 radical (unpaired) electrons. The number of thiol groups is 1. The summed E-state index contributed by atoms with van der Waals surface area (Å²) in [5.41, 5.74) is -0.981. The van der Waals surface area contributed by atoms with E-state index in [-0.39, 0.29) is 5.92 Å². The van der Waals surface area contributed by atoms with Gasteiger partial charge in [-0.15, -0.1) is 12.6 Å². The molecular weight excluding hydrogens is 178 g/mol. The first kappa shape index (κ1) is 12.2. The average molecular weight is 196 g/mol. The predicted octanol–water partition coefficient (Wildman–Crippen LogP) is 3.97. The summed E-state index contributed by atoms with van der Waals surface area (Å²) in [4.78, 5) is 0. The minimum Gasteiger partial charge on any atom is -0.194 e. The van der Waals surface area contributed by atoms with Crippen molar-refractivity contribution in [2.75, 3.05) is 0 Å². The summed E-state index contributed by atoms with van der Waals surface area (Å²) >= 11 is 3.38. The highest BCUT2D eigenvalue weighted by molar-refractivity contribution is 7.81. The maximum absolute atomic E-state index is 13.1. The van der Waals surface area contributed by atoms with E-state index in [2.05, 4.69) is 12.6 Å². The van der Waals surface area contributed by atoms with Gasteiger partial charge in [0, 0.05) is 5.41 Å². The van der Waals surface area contributed by atoms with E-state index in [0.717, 1.165) is 6.42 Å². The molecule has 2 atom stereocenters. The van der Waals surface area contributed by atoms with Crippen LogP contribution >= 0.6 is 12.6 Å². The van der Waals surface area contributed by atoms with Crippen molar-refractivity contribution >= 4 is 12.6 Å². The van der Waals surface area contributed by atoms with Crippen LogP contribution in [0.4, 0.5) is 8.78 Å². The highest BCUT2D eigenvalue weighted by Gasteiger charge is 2.48. The van der Waals surface area contributed by atoms with Crippen molar-refractivity contribution in [3.8, 4) is 0 Å². The normalized spacial score (nSPS) is 20.2. The monoisotopic (exact) mass is 196 g/mol. The van der Waals surface area contributed by atoms with Gasteiger partial charge in [0.2, 0.25) is 0 Å². The molecule has 0 rings (SSSR count). The van der Waals surface area contributed by atoms with Crippen LogP contribution in [0.25, 0.3) is 0 Å². The average Bonchev–Trinajstić information content (AvgIpc) is 1.99. The van der Waals surface area contributed by atoms with Crippen LogP contribution in [-0.4, -0.2) is 5.25 Å². The van der Waals surface area contributed by atoms with Crippen molar-refractivity contribution in [3.05, 3.63) is 0 Å². The summed E-state index contributed by atoms with van der Waals surface area (Å²) < 4.78 is 26.1. The first-order valence-corrected chi connectivity index (χ1v) is 4.84. The molecule has 0 spiro atoms. The van der Waals surface area contributed by atoms with Gasteiger partial charge in [-0.3, -0.25) is 0 Å². The van der Waals surface area contributed by atoms with Crippen molar-refractivity contribution in [1.29, 1.82) is 0 Å². The number of halogens is 2. The summed E-state index contributed by atoms with van der Waals surface area (Å²) in [6.07, 6.45) is 1.22. The predicted molar refractivity (Wildman–Crippen MR) is 51.8 cm³/mol. The molecule has 0 N–H and O–H groups in total. The molecule has 3 heteroatoms. The fourth-order valence-corrected chi connectivity index (χ4v) is 1.69. The van der Waals surface area contributed by atoms with Crippen molar-refractivity contribution in [2.45, 2.75) is 45.8 Å². The second-order valence-corrected chi connectivity index (χ2v) is 4.18. The van der Waals surface area contributed by atoms with Crippen LogP contribution < -0.4 is 0 Å². The van der Waals surface area contributed by atoms with Crippen LogP contribution in [0, 0.1) is 11.3 Å². The second-order valence-electron chi connectivity index (χ2n) is 3.62. The zero-order valence-corrected chi connectivity index (χ0v) is 9.09. The number of hydrogen-bond acceptors (Lipinski definition) is 1. The van der Waals surface area contributed by atoms with E-state index in [1.165, 1.54) is 0 Å². The van der Waals surface area contributed by atoms with Gasteiger partial charge in [0.25, 0.3) is 5.25 Å². The van der Waals surface area contributed by atoms with E-state index in [1.54, 1.807) is 13.8 Å². The molecule has 0 aliphatic carbocycles.